The molecule has 0 spiro atoms. The van der Waals surface area contributed by atoms with Gasteiger partial charge in [-0.2, -0.15) is 0 Å². The third kappa shape index (κ3) is 2.89. The van der Waals surface area contributed by atoms with E-state index in [9.17, 15) is 9.59 Å². The van der Waals surface area contributed by atoms with Crippen LogP contribution in [0.4, 0.5) is 0 Å². The van der Waals surface area contributed by atoms with Crippen LogP contribution in [0.2, 0.25) is 0 Å². The molecule has 30 heavy (non-hydrogen) atoms. The summed E-state index contributed by atoms with van der Waals surface area (Å²) < 4.78 is 11.4. The Kier molecular flexibility index (Phi) is 4.81. The van der Waals surface area contributed by atoms with Crippen molar-refractivity contribution < 1.29 is 19.1 Å². The lowest BCUT2D eigenvalue weighted by atomic mass is 9.46. The van der Waals surface area contributed by atoms with Crippen molar-refractivity contribution in [2.45, 2.75) is 78.4 Å². The molecule has 0 N–H and O–H groups in total. The summed E-state index contributed by atoms with van der Waals surface area (Å²) in [5, 5.41) is 0. The van der Waals surface area contributed by atoms with Crippen molar-refractivity contribution in [1.29, 1.82) is 0 Å². The molecular weight excluding hydrogens is 376 g/mol. The van der Waals surface area contributed by atoms with Crippen molar-refractivity contribution in [2.75, 3.05) is 6.61 Å². The molecule has 1 aliphatic heterocycles. The summed E-state index contributed by atoms with van der Waals surface area (Å²) in [4.78, 5) is 23.9. The van der Waals surface area contributed by atoms with E-state index < -0.39 is 0 Å². The van der Waals surface area contributed by atoms with Gasteiger partial charge in [0.15, 0.2) is 5.78 Å². The molecule has 0 bridgehead atoms. The fourth-order valence-electron chi connectivity index (χ4n) is 8.27. The molecule has 0 aromatic rings. The minimum absolute atomic E-state index is 0.144. The summed E-state index contributed by atoms with van der Waals surface area (Å²) in [6.45, 7) is 9.47. The molecule has 5 aliphatic rings. The molecule has 4 heteroatoms. The Labute approximate surface area is 180 Å². The molecule has 1 saturated heterocycles. The third-order valence-electron chi connectivity index (χ3n) is 9.76. The van der Waals surface area contributed by atoms with Crippen LogP contribution in [0.3, 0.4) is 0 Å². The minimum atomic E-state index is -0.228. The molecule has 4 nitrogen and oxygen atoms in total. The van der Waals surface area contributed by atoms with Crippen LogP contribution in [0.15, 0.2) is 23.8 Å². The summed E-state index contributed by atoms with van der Waals surface area (Å²) >= 11 is 0. The van der Waals surface area contributed by atoms with Crippen LogP contribution in [0.25, 0.3) is 0 Å². The number of epoxide rings is 1. The molecule has 3 unspecified atom stereocenters. The van der Waals surface area contributed by atoms with Crippen molar-refractivity contribution in [1.82, 2.24) is 0 Å². The summed E-state index contributed by atoms with van der Waals surface area (Å²) in [5.74, 6) is 2.99. The standard InChI is InChI=1S/C26H36O4/c1-5-29-21(28)9-6-15(2)17-7-8-18-22-19(11-13-25(17,18)3)26(4)12-10-16(27)14-20(26)23-24(22)30-23/h6,9,14-15,17-19,22-24H,5,7-8,10-13H2,1-4H3/b9-6+/t15-,17-,18?,19?,22?,23-,24+,25-,26-/m1/s1. The molecule has 0 aromatic carbocycles. The van der Waals surface area contributed by atoms with Crippen molar-refractivity contribution in [3.63, 3.8) is 0 Å². The first kappa shape index (κ1) is 20.5. The molecule has 9 atom stereocenters. The Hall–Kier alpha value is -1.42. The van der Waals surface area contributed by atoms with Crippen LogP contribution in [0, 0.1) is 40.4 Å². The first-order chi connectivity index (χ1) is 14.3. The van der Waals surface area contributed by atoms with E-state index in [1.165, 1.54) is 31.3 Å². The van der Waals surface area contributed by atoms with Gasteiger partial charge in [0, 0.05) is 12.5 Å². The average Bonchev–Trinajstić information content (AvgIpc) is 3.42. The number of ether oxygens (including phenoxy) is 2. The van der Waals surface area contributed by atoms with E-state index in [1.807, 2.05) is 13.0 Å². The number of allylic oxidation sites excluding steroid dienone is 1. The Bertz CT molecular complexity index is 812. The highest BCUT2D eigenvalue weighted by Gasteiger charge is 2.69. The number of rotatable bonds is 4. The van der Waals surface area contributed by atoms with E-state index in [2.05, 4.69) is 26.8 Å². The van der Waals surface area contributed by atoms with Gasteiger partial charge in [0.25, 0.3) is 0 Å². The van der Waals surface area contributed by atoms with Crippen LogP contribution < -0.4 is 0 Å². The second-order valence-electron chi connectivity index (χ2n) is 11.0. The summed E-state index contributed by atoms with van der Waals surface area (Å²) in [6.07, 6.45) is 12.8. The molecule has 4 aliphatic carbocycles. The van der Waals surface area contributed by atoms with E-state index in [0.29, 0.717) is 59.9 Å². The van der Waals surface area contributed by atoms with Gasteiger partial charge in [-0.1, -0.05) is 26.8 Å². The van der Waals surface area contributed by atoms with Crippen molar-refractivity contribution in [2.24, 2.45) is 40.4 Å². The van der Waals surface area contributed by atoms with Crippen LogP contribution in [-0.4, -0.2) is 30.6 Å². The normalized spacial score (nSPS) is 47.6. The van der Waals surface area contributed by atoms with Crippen LogP contribution in [0.1, 0.15) is 66.2 Å². The number of carbonyl (C=O) groups is 2. The Balaban J connectivity index is 1.39. The molecule has 3 saturated carbocycles. The van der Waals surface area contributed by atoms with E-state index >= 15 is 0 Å². The van der Waals surface area contributed by atoms with Crippen LogP contribution in [0.5, 0.6) is 0 Å². The Morgan fingerprint density at radius 3 is 2.83 bits per heavy atom. The zero-order valence-corrected chi connectivity index (χ0v) is 18.9. The SMILES string of the molecule is CCOC(=O)/C=C/[C@@H](C)[C@H]1CCC2C3C(CC[C@@]21C)[C@@]1(C)CCC(=O)C=C1[C@H]1O[C@@H]31. The quantitative estimate of drug-likeness (QED) is 0.375. The molecule has 0 radical (unpaired) electrons. The highest BCUT2D eigenvalue weighted by atomic mass is 16.6. The Morgan fingerprint density at radius 1 is 1.27 bits per heavy atom. The fourth-order valence-corrected chi connectivity index (χ4v) is 8.27. The molecule has 0 amide bonds. The molecule has 164 valence electrons. The number of carbonyl (C=O) groups excluding carboxylic acids is 2. The second-order valence-corrected chi connectivity index (χ2v) is 11.0. The summed E-state index contributed by atoms with van der Waals surface area (Å²) in [6, 6.07) is 0. The number of esters is 1. The van der Waals surface area contributed by atoms with E-state index in [-0.39, 0.29) is 17.5 Å². The number of hydrogen-bond donors (Lipinski definition) is 0. The maximum Gasteiger partial charge on any atom is 0.330 e. The Morgan fingerprint density at radius 2 is 2.07 bits per heavy atom. The highest BCUT2D eigenvalue weighted by molar-refractivity contribution is 5.92. The first-order valence-electron chi connectivity index (χ1n) is 12.0. The summed E-state index contributed by atoms with van der Waals surface area (Å²) in [7, 11) is 0. The van der Waals surface area contributed by atoms with Gasteiger partial charge in [0.1, 0.15) is 6.10 Å². The third-order valence-corrected chi connectivity index (χ3v) is 9.76. The number of fused-ring (bicyclic) bond motifs is 8. The fraction of sp³-hybridized carbons (Fsp3) is 0.769. The van der Waals surface area contributed by atoms with Crippen molar-refractivity contribution in [3.05, 3.63) is 23.8 Å². The molecule has 5 rings (SSSR count). The van der Waals surface area contributed by atoms with Gasteiger partial charge in [-0.3, -0.25) is 4.79 Å². The second kappa shape index (κ2) is 7.05. The maximum atomic E-state index is 12.1. The smallest absolute Gasteiger partial charge is 0.330 e. The van der Waals surface area contributed by atoms with Crippen LogP contribution in [-0.2, 0) is 19.1 Å². The van der Waals surface area contributed by atoms with Gasteiger partial charge in [-0.15, -0.1) is 0 Å². The topological polar surface area (TPSA) is 55.9 Å². The lowest BCUT2D eigenvalue weighted by Crippen LogP contribution is -2.53. The highest BCUT2D eigenvalue weighted by Crippen LogP contribution is 2.70. The first-order valence-corrected chi connectivity index (χ1v) is 12.0. The average molecular weight is 413 g/mol. The number of hydrogen-bond acceptors (Lipinski definition) is 4. The lowest BCUT2D eigenvalue weighted by Gasteiger charge is -2.57. The van der Waals surface area contributed by atoms with Crippen molar-refractivity contribution >= 4 is 11.8 Å². The van der Waals surface area contributed by atoms with E-state index in [0.717, 1.165) is 6.42 Å². The lowest BCUT2D eigenvalue weighted by molar-refractivity contribution is -0.137. The molecular formula is C26H36O4. The van der Waals surface area contributed by atoms with Gasteiger partial charge in [-0.25, -0.2) is 4.79 Å². The molecule has 4 fully saturated rings. The minimum Gasteiger partial charge on any atom is -0.463 e. The van der Waals surface area contributed by atoms with Crippen LogP contribution >= 0.6 is 0 Å². The monoisotopic (exact) mass is 412 g/mol. The van der Waals surface area contributed by atoms with E-state index in [1.54, 1.807) is 6.08 Å². The zero-order chi connectivity index (χ0) is 21.3. The predicted molar refractivity (Wildman–Crippen MR) is 115 cm³/mol. The summed E-state index contributed by atoms with van der Waals surface area (Å²) in [5.41, 5.74) is 1.76. The zero-order valence-electron chi connectivity index (χ0n) is 18.9. The molecule has 1 heterocycles. The molecule has 0 aromatic heterocycles. The van der Waals surface area contributed by atoms with Gasteiger partial charge < -0.3 is 9.47 Å². The number of ketones is 1. The maximum absolute atomic E-state index is 12.1. The van der Waals surface area contributed by atoms with Gasteiger partial charge in [-0.05, 0) is 91.1 Å². The van der Waals surface area contributed by atoms with E-state index in [4.69, 9.17) is 9.47 Å². The predicted octanol–water partition coefficient (Wildman–Crippen LogP) is 4.88. The van der Waals surface area contributed by atoms with Gasteiger partial charge >= 0.3 is 5.97 Å². The van der Waals surface area contributed by atoms with Gasteiger partial charge in [0.2, 0.25) is 0 Å². The van der Waals surface area contributed by atoms with Crippen molar-refractivity contribution in [3.8, 4) is 0 Å². The van der Waals surface area contributed by atoms with Gasteiger partial charge in [0.05, 0.1) is 12.7 Å². The largest absolute Gasteiger partial charge is 0.463 e.